The summed E-state index contributed by atoms with van der Waals surface area (Å²) in [6.45, 7) is 5.45. The Morgan fingerprint density at radius 3 is 2.32 bits per heavy atom. The SMILES string of the molecule is Cc1ccc(CC[C@](C)(CO)C(=O)O)cc1/C=C/c1cccc(-c2ccccc2)c1C. The van der Waals surface area contributed by atoms with Crippen LogP contribution in [0.15, 0.2) is 66.7 Å². The minimum absolute atomic E-state index is 0.363. The van der Waals surface area contributed by atoms with Crippen LogP contribution >= 0.6 is 0 Å². The third kappa shape index (κ3) is 5.31. The van der Waals surface area contributed by atoms with Crippen LogP contribution in [0.25, 0.3) is 23.3 Å². The van der Waals surface area contributed by atoms with Crippen LogP contribution in [0.5, 0.6) is 0 Å². The van der Waals surface area contributed by atoms with E-state index in [1.54, 1.807) is 6.92 Å². The van der Waals surface area contributed by atoms with Crippen molar-refractivity contribution in [1.29, 1.82) is 0 Å². The molecule has 160 valence electrons. The van der Waals surface area contributed by atoms with E-state index in [9.17, 15) is 15.0 Å². The van der Waals surface area contributed by atoms with Crippen LogP contribution in [-0.4, -0.2) is 22.8 Å². The summed E-state index contributed by atoms with van der Waals surface area (Å²) in [6.07, 6.45) is 5.26. The monoisotopic (exact) mass is 414 g/mol. The number of carboxylic acids is 1. The minimum atomic E-state index is -1.12. The van der Waals surface area contributed by atoms with Crippen molar-refractivity contribution in [2.75, 3.05) is 6.61 Å². The number of aliphatic hydroxyl groups excluding tert-OH is 1. The summed E-state index contributed by atoms with van der Waals surface area (Å²) < 4.78 is 0. The lowest BCUT2D eigenvalue weighted by molar-refractivity contribution is -0.150. The molecule has 3 rings (SSSR count). The highest BCUT2D eigenvalue weighted by Gasteiger charge is 2.31. The molecule has 3 heteroatoms. The molecule has 0 spiro atoms. The van der Waals surface area contributed by atoms with Gasteiger partial charge in [-0.25, -0.2) is 0 Å². The second-order valence-corrected chi connectivity index (χ2v) is 8.43. The normalized spacial score (nSPS) is 13.3. The lowest BCUT2D eigenvalue weighted by atomic mass is 9.84. The zero-order valence-corrected chi connectivity index (χ0v) is 18.4. The van der Waals surface area contributed by atoms with E-state index in [1.807, 2.05) is 12.1 Å². The van der Waals surface area contributed by atoms with Crippen LogP contribution in [-0.2, 0) is 11.2 Å². The van der Waals surface area contributed by atoms with Crippen molar-refractivity contribution in [1.82, 2.24) is 0 Å². The first-order chi connectivity index (χ1) is 14.8. The van der Waals surface area contributed by atoms with Crippen LogP contribution in [0.3, 0.4) is 0 Å². The Kier molecular flexibility index (Phi) is 7.09. The number of aliphatic hydroxyl groups is 1. The van der Waals surface area contributed by atoms with Crippen molar-refractivity contribution in [3.63, 3.8) is 0 Å². The Morgan fingerprint density at radius 2 is 1.65 bits per heavy atom. The Labute approximate surface area is 184 Å². The number of aliphatic carboxylic acids is 1. The maximum Gasteiger partial charge on any atom is 0.311 e. The van der Waals surface area contributed by atoms with Crippen molar-refractivity contribution in [2.24, 2.45) is 5.41 Å². The molecule has 3 aromatic rings. The van der Waals surface area contributed by atoms with Crippen molar-refractivity contribution in [3.8, 4) is 11.1 Å². The van der Waals surface area contributed by atoms with E-state index in [1.165, 1.54) is 27.8 Å². The average molecular weight is 415 g/mol. The minimum Gasteiger partial charge on any atom is -0.481 e. The topological polar surface area (TPSA) is 57.5 Å². The van der Waals surface area contributed by atoms with Gasteiger partial charge in [0.05, 0.1) is 12.0 Å². The summed E-state index contributed by atoms with van der Waals surface area (Å²) in [7, 11) is 0. The maximum atomic E-state index is 11.4. The van der Waals surface area contributed by atoms with E-state index in [0.29, 0.717) is 12.8 Å². The average Bonchev–Trinajstić information content (AvgIpc) is 2.78. The van der Waals surface area contributed by atoms with Gasteiger partial charge in [-0.1, -0.05) is 78.9 Å². The third-order valence-corrected chi connectivity index (χ3v) is 6.08. The lowest BCUT2D eigenvalue weighted by Gasteiger charge is -2.21. The molecule has 0 fully saturated rings. The molecule has 0 unspecified atom stereocenters. The number of rotatable bonds is 8. The van der Waals surface area contributed by atoms with Crippen molar-refractivity contribution in [3.05, 3.63) is 94.5 Å². The summed E-state index contributed by atoms with van der Waals surface area (Å²) in [4.78, 5) is 11.4. The van der Waals surface area contributed by atoms with E-state index in [-0.39, 0.29) is 6.61 Å². The quantitative estimate of drug-likeness (QED) is 0.434. The molecule has 0 bridgehead atoms. The van der Waals surface area contributed by atoms with E-state index < -0.39 is 11.4 Å². The zero-order valence-electron chi connectivity index (χ0n) is 18.4. The molecule has 31 heavy (non-hydrogen) atoms. The number of aryl methyl sites for hydroxylation is 2. The first-order valence-electron chi connectivity index (χ1n) is 10.6. The third-order valence-electron chi connectivity index (χ3n) is 6.08. The summed E-state index contributed by atoms with van der Waals surface area (Å²) in [6, 6.07) is 23.0. The van der Waals surface area contributed by atoms with E-state index in [4.69, 9.17) is 0 Å². The molecular formula is C28H30O3. The van der Waals surface area contributed by atoms with Gasteiger partial charge in [-0.15, -0.1) is 0 Å². The van der Waals surface area contributed by atoms with Crippen LogP contribution in [0.2, 0.25) is 0 Å². The van der Waals surface area contributed by atoms with Crippen LogP contribution in [0.4, 0.5) is 0 Å². The molecule has 0 aliphatic carbocycles. The molecule has 0 aromatic heterocycles. The van der Waals surface area contributed by atoms with Gasteiger partial charge < -0.3 is 10.2 Å². The fourth-order valence-corrected chi connectivity index (χ4v) is 3.64. The highest BCUT2D eigenvalue weighted by molar-refractivity contribution is 5.78. The summed E-state index contributed by atoms with van der Waals surface area (Å²) in [5, 5.41) is 18.9. The molecule has 0 amide bonds. The highest BCUT2D eigenvalue weighted by atomic mass is 16.4. The Balaban J connectivity index is 1.83. The van der Waals surface area contributed by atoms with Gasteiger partial charge in [-0.05, 0) is 72.6 Å². The number of hydrogen-bond donors (Lipinski definition) is 2. The number of carboxylic acid groups (broad SMARTS) is 1. The first-order valence-corrected chi connectivity index (χ1v) is 10.6. The maximum absolute atomic E-state index is 11.4. The molecule has 2 N–H and O–H groups in total. The van der Waals surface area contributed by atoms with E-state index in [2.05, 4.69) is 80.6 Å². The molecule has 0 aliphatic heterocycles. The van der Waals surface area contributed by atoms with Crippen LogP contribution in [0.1, 0.15) is 41.2 Å². The van der Waals surface area contributed by atoms with Gasteiger partial charge in [0.1, 0.15) is 0 Å². The smallest absolute Gasteiger partial charge is 0.311 e. The second kappa shape index (κ2) is 9.76. The van der Waals surface area contributed by atoms with Gasteiger partial charge >= 0.3 is 5.97 Å². The van der Waals surface area contributed by atoms with E-state index in [0.717, 1.165) is 11.1 Å². The van der Waals surface area contributed by atoms with Crippen molar-refractivity contribution >= 4 is 18.1 Å². The Hall–Kier alpha value is -3.17. The summed E-state index contributed by atoms with van der Waals surface area (Å²) >= 11 is 0. The molecule has 0 saturated carbocycles. The molecule has 3 aromatic carbocycles. The Bertz CT molecular complexity index is 1080. The van der Waals surface area contributed by atoms with Gasteiger partial charge in [-0.3, -0.25) is 4.79 Å². The highest BCUT2D eigenvalue weighted by Crippen LogP contribution is 2.28. The van der Waals surface area contributed by atoms with Crippen molar-refractivity contribution in [2.45, 2.75) is 33.6 Å². The van der Waals surface area contributed by atoms with Gasteiger partial charge in [0, 0.05) is 0 Å². The van der Waals surface area contributed by atoms with Gasteiger partial charge in [0.2, 0.25) is 0 Å². The number of carbonyl (C=O) groups is 1. The fraction of sp³-hybridized carbons (Fsp3) is 0.250. The first kappa shape index (κ1) is 22.5. The molecule has 0 radical (unpaired) electrons. The summed E-state index contributed by atoms with van der Waals surface area (Å²) in [5.74, 6) is -0.962. The summed E-state index contributed by atoms with van der Waals surface area (Å²) in [5.41, 5.74) is 7.08. The van der Waals surface area contributed by atoms with Crippen molar-refractivity contribution < 1.29 is 15.0 Å². The predicted octanol–water partition coefficient (Wildman–Crippen LogP) is 6.16. The van der Waals surface area contributed by atoms with E-state index >= 15 is 0 Å². The molecule has 0 aliphatic rings. The molecule has 0 saturated heterocycles. The molecule has 3 nitrogen and oxygen atoms in total. The zero-order chi connectivity index (χ0) is 22.4. The molecule has 0 heterocycles. The lowest BCUT2D eigenvalue weighted by Crippen LogP contribution is -2.32. The molecular weight excluding hydrogens is 384 g/mol. The Morgan fingerprint density at radius 1 is 0.935 bits per heavy atom. The second-order valence-electron chi connectivity index (χ2n) is 8.43. The predicted molar refractivity (Wildman–Crippen MR) is 128 cm³/mol. The fourth-order valence-electron chi connectivity index (χ4n) is 3.64. The standard InChI is InChI=1S/C28H30O3/c1-20-12-13-22(16-17-28(3,19-29)27(30)31)18-25(20)15-14-23-10-7-11-26(21(23)2)24-8-5-4-6-9-24/h4-15,18,29H,16-17,19H2,1-3H3,(H,30,31)/b15-14+/t28-/m1/s1. The largest absolute Gasteiger partial charge is 0.481 e. The molecule has 1 atom stereocenters. The number of benzene rings is 3. The van der Waals surface area contributed by atoms with Gasteiger partial charge in [0.15, 0.2) is 0 Å². The number of hydrogen-bond acceptors (Lipinski definition) is 2. The van der Waals surface area contributed by atoms with Gasteiger partial charge in [-0.2, -0.15) is 0 Å². The van der Waals surface area contributed by atoms with Crippen LogP contribution in [0, 0.1) is 19.3 Å². The van der Waals surface area contributed by atoms with Crippen LogP contribution < -0.4 is 0 Å². The van der Waals surface area contributed by atoms with Gasteiger partial charge in [0.25, 0.3) is 0 Å².